The molecule has 164 valence electrons. The van der Waals surface area contributed by atoms with E-state index in [1.165, 1.54) is 45.3 Å². The van der Waals surface area contributed by atoms with Gasteiger partial charge in [-0.3, -0.25) is 4.99 Å². The van der Waals surface area contributed by atoms with E-state index in [2.05, 4.69) is 35.9 Å². The fourth-order valence-corrected chi connectivity index (χ4v) is 4.59. The van der Waals surface area contributed by atoms with Crippen molar-refractivity contribution in [3.8, 4) is 0 Å². The van der Waals surface area contributed by atoms with Crippen molar-refractivity contribution in [1.29, 1.82) is 0 Å². The van der Waals surface area contributed by atoms with E-state index in [0.717, 1.165) is 50.6 Å². The fourth-order valence-electron chi connectivity index (χ4n) is 4.59. The van der Waals surface area contributed by atoms with Crippen LogP contribution in [0.2, 0.25) is 0 Å². The summed E-state index contributed by atoms with van der Waals surface area (Å²) in [6.07, 6.45) is 4.99. The summed E-state index contributed by atoms with van der Waals surface area (Å²) in [6.45, 7) is 16.9. The third-order valence-electron chi connectivity index (χ3n) is 5.79. The standard InChI is InChI=1S/C22H44N4O2/c1-5-23-22(26-11-8-21(17-26)18-28-13-12-27-4)24-9-6-7-10-25-15-19(2)14-20(3)16-25/h19-21H,5-18H2,1-4H3,(H,23,24). The Kier molecular flexibility index (Phi) is 11.2. The molecule has 0 saturated carbocycles. The molecule has 2 fully saturated rings. The summed E-state index contributed by atoms with van der Waals surface area (Å²) in [6, 6.07) is 0. The smallest absolute Gasteiger partial charge is 0.193 e. The maximum Gasteiger partial charge on any atom is 0.193 e. The van der Waals surface area contributed by atoms with Gasteiger partial charge in [-0.25, -0.2) is 0 Å². The lowest BCUT2D eigenvalue weighted by atomic mass is 9.92. The molecule has 0 bridgehead atoms. The first kappa shape index (κ1) is 23.4. The van der Waals surface area contributed by atoms with Crippen LogP contribution < -0.4 is 5.32 Å². The number of nitrogens with one attached hydrogen (secondary N) is 1. The Morgan fingerprint density at radius 3 is 2.61 bits per heavy atom. The number of hydrogen-bond donors (Lipinski definition) is 1. The molecule has 3 unspecified atom stereocenters. The molecular weight excluding hydrogens is 352 g/mol. The molecule has 28 heavy (non-hydrogen) atoms. The average molecular weight is 397 g/mol. The van der Waals surface area contributed by atoms with Crippen molar-refractivity contribution in [3.05, 3.63) is 0 Å². The zero-order valence-corrected chi connectivity index (χ0v) is 18.8. The van der Waals surface area contributed by atoms with E-state index in [-0.39, 0.29) is 0 Å². The number of unbranched alkanes of at least 4 members (excludes halogenated alkanes) is 1. The van der Waals surface area contributed by atoms with Crippen molar-refractivity contribution in [1.82, 2.24) is 15.1 Å². The quantitative estimate of drug-likeness (QED) is 0.331. The molecule has 6 nitrogen and oxygen atoms in total. The molecule has 2 saturated heterocycles. The number of rotatable bonds is 11. The molecule has 0 aromatic rings. The van der Waals surface area contributed by atoms with Crippen LogP contribution in [0.5, 0.6) is 0 Å². The van der Waals surface area contributed by atoms with Crippen LogP contribution in [0.25, 0.3) is 0 Å². The molecule has 6 heteroatoms. The largest absolute Gasteiger partial charge is 0.382 e. The Labute approximate surface area is 173 Å². The summed E-state index contributed by atoms with van der Waals surface area (Å²) in [4.78, 5) is 9.96. The monoisotopic (exact) mass is 396 g/mol. The predicted molar refractivity (Wildman–Crippen MR) is 117 cm³/mol. The molecule has 2 heterocycles. The third-order valence-corrected chi connectivity index (χ3v) is 5.79. The minimum Gasteiger partial charge on any atom is -0.382 e. The Balaban J connectivity index is 1.66. The molecule has 0 aromatic carbocycles. The zero-order valence-electron chi connectivity index (χ0n) is 18.8. The van der Waals surface area contributed by atoms with Crippen LogP contribution in [0.4, 0.5) is 0 Å². The molecule has 0 aliphatic carbocycles. The van der Waals surface area contributed by atoms with Gasteiger partial charge in [0.2, 0.25) is 0 Å². The van der Waals surface area contributed by atoms with Gasteiger partial charge in [-0.15, -0.1) is 0 Å². The summed E-state index contributed by atoms with van der Waals surface area (Å²) in [5, 5.41) is 3.48. The van der Waals surface area contributed by atoms with Gasteiger partial charge in [0, 0.05) is 52.3 Å². The lowest BCUT2D eigenvalue weighted by molar-refractivity contribution is 0.0536. The van der Waals surface area contributed by atoms with Gasteiger partial charge < -0.3 is 24.6 Å². The highest BCUT2D eigenvalue weighted by atomic mass is 16.5. The van der Waals surface area contributed by atoms with Crippen molar-refractivity contribution in [2.45, 2.75) is 46.5 Å². The first-order chi connectivity index (χ1) is 13.6. The second-order valence-corrected chi connectivity index (χ2v) is 8.82. The lowest BCUT2D eigenvalue weighted by Gasteiger charge is -2.34. The predicted octanol–water partition coefficient (Wildman–Crippen LogP) is 2.69. The van der Waals surface area contributed by atoms with Gasteiger partial charge in [0.25, 0.3) is 0 Å². The van der Waals surface area contributed by atoms with Crippen molar-refractivity contribution in [2.75, 3.05) is 72.7 Å². The van der Waals surface area contributed by atoms with E-state index in [1.807, 2.05) is 0 Å². The minimum absolute atomic E-state index is 0.601. The normalized spacial score (nSPS) is 26.8. The lowest BCUT2D eigenvalue weighted by Crippen LogP contribution is -2.40. The number of methoxy groups -OCH3 is 1. The number of guanidine groups is 1. The van der Waals surface area contributed by atoms with Crippen LogP contribution in [-0.4, -0.2) is 88.5 Å². The fraction of sp³-hybridized carbons (Fsp3) is 0.955. The maximum atomic E-state index is 5.72. The van der Waals surface area contributed by atoms with Crippen LogP contribution in [0.1, 0.15) is 46.5 Å². The van der Waals surface area contributed by atoms with Crippen LogP contribution in [0, 0.1) is 17.8 Å². The SMILES string of the molecule is CCNC(=NCCCCN1CC(C)CC(C)C1)N1CCC(COCCOC)C1. The van der Waals surface area contributed by atoms with Gasteiger partial charge in [0.1, 0.15) is 0 Å². The molecule has 2 rings (SSSR count). The summed E-state index contributed by atoms with van der Waals surface area (Å²) in [5.41, 5.74) is 0. The molecule has 0 radical (unpaired) electrons. The van der Waals surface area contributed by atoms with Crippen LogP contribution in [-0.2, 0) is 9.47 Å². The van der Waals surface area contributed by atoms with Gasteiger partial charge in [-0.05, 0) is 51.0 Å². The Hall–Kier alpha value is -0.850. The van der Waals surface area contributed by atoms with E-state index in [0.29, 0.717) is 19.1 Å². The van der Waals surface area contributed by atoms with Gasteiger partial charge in [0.15, 0.2) is 5.96 Å². The summed E-state index contributed by atoms with van der Waals surface area (Å²) >= 11 is 0. The molecule has 1 N–H and O–H groups in total. The first-order valence-electron chi connectivity index (χ1n) is 11.4. The zero-order chi connectivity index (χ0) is 20.2. The Morgan fingerprint density at radius 1 is 1.11 bits per heavy atom. The van der Waals surface area contributed by atoms with E-state index in [1.54, 1.807) is 7.11 Å². The van der Waals surface area contributed by atoms with E-state index >= 15 is 0 Å². The van der Waals surface area contributed by atoms with Gasteiger partial charge >= 0.3 is 0 Å². The number of likely N-dealkylation sites (tertiary alicyclic amines) is 2. The molecule has 0 spiro atoms. The van der Waals surface area contributed by atoms with Crippen LogP contribution >= 0.6 is 0 Å². The Morgan fingerprint density at radius 2 is 1.89 bits per heavy atom. The second kappa shape index (κ2) is 13.4. The van der Waals surface area contributed by atoms with Crippen molar-refractivity contribution in [3.63, 3.8) is 0 Å². The highest BCUT2D eigenvalue weighted by Crippen LogP contribution is 2.21. The van der Waals surface area contributed by atoms with Crippen LogP contribution in [0.15, 0.2) is 4.99 Å². The minimum atomic E-state index is 0.601. The molecule has 0 amide bonds. The number of nitrogens with zero attached hydrogens (tertiary/aromatic N) is 3. The second-order valence-electron chi connectivity index (χ2n) is 8.82. The summed E-state index contributed by atoms with van der Waals surface area (Å²) in [7, 11) is 1.72. The van der Waals surface area contributed by atoms with E-state index in [4.69, 9.17) is 14.5 Å². The molecule has 2 aliphatic rings. The van der Waals surface area contributed by atoms with Crippen molar-refractivity contribution >= 4 is 5.96 Å². The third kappa shape index (κ3) is 8.66. The van der Waals surface area contributed by atoms with Gasteiger partial charge in [0.05, 0.1) is 19.8 Å². The number of piperidine rings is 1. The van der Waals surface area contributed by atoms with Gasteiger partial charge in [-0.2, -0.15) is 0 Å². The summed E-state index contributed by atoms with van der Waals surface area (Å²) in [5.74, 6) is 3.39. The van der Waals surface area contributed by atoms with E-state index in [9.17, 15) is 0 Å². The summed E-state index contributed by atoms with van der Waals surface area (Å²) < 4.78 is 10.8. The molecule has 0 aromatic heterocycles. The molecule has 3 atom stereocenters. The highest BCUT2D eigenvalue weighted by Gasteiger charge is 2.25. The number of hydrogen-bond acceptors (Lipinski definition) is 4. The number of ether oxygens (including phenoxy) is 2. The number of aliphatic imine (C=N–C) groups is 1. The topological polar surface area (TPSA) is 49.3 Å². The van der Waals surface area contributed by atoms with Crippen LogP contribution in [0.3, 0.4) is 0 Å². The highest BCUT2D eigenvalue weighted by molar-refractivity contribution is 5.80. The maximum absolute atomic E-state index is 5.72. The first-order valence-corrected chi connectivity index (χ1v) is 11.4. The molecular formula is C22H44N4O2. The van der Waals surface area contributed by atoms with E-state index < -0.39 is 0 Å². The van der Waals surface area contributed by atoms with Crippen molar-refractivity contribution < 1.29 is 9.47 Å². The van der Waals surface area contributed by atoms with Gasteiger partial charge in [-0.1, -0.05) is 13.8 Å². The van der Waals surface area contributed by atoms with Crippen molar-refractivity contribution in [2.24, 2.45) is 22.7 Å². The molecule has 2 aliphatic heterocycles. The Bertz CT molecular complexity index is 436. The average Bonchev–Trinajstić information content (AvgIpc) is 3.12.